The van der Waals surface area contributed by atoms with Gasteiger partial charge in [0.2, 0.25) is 0 Å². The number of benzene rings is 3. The molecule has 5 heteroatoms. The average Bonchev–Trinajstić information content (AvgIpc) is 3.00. The third-order valence-electron chi connectivity index (χ3n) is 5.50. The largest absolute Gasteiger partial charge is 0.497 e. The normalized spacial score (nSPS) is 13.7. The fraction of sp³-hybridized carbons (Fsp3) is 0.154. The first-order chi connectivity index (χ1) is 14.9. The van der Waals surface area contributed by atoms with E-state index in [2.05, 4.69) is 5.32 Å². The van der Waals surface area contributed by atoms with Crippen molar-refractivity contribution in [1.29, 1.82) is 0 Å². The van der Waals surface area contributed by atoms with Gasteiger partial charge in [-0.2, -0.15) is 0 Å². The van der Waals surface area contributed by atoms with E-state index in [1.54, 1.807) is 31.4 Å². The molecular formula is C26H24N2O3. The van der Waals surface area contributed by atoms with Crippen LogP contribution < -0.4 is 15.0 Å². The molecule has 0 atom stereocenters. The number of ether oxygens (including phenoxy) is 1. The molecular weight excluding hydrogens is 388 g/mol. The van der Waals surface area contributed by atoms with Gasteiger partial charge >= 0.3 is 0 Å². The van der Waals surface area contributed by atoms with Crippen molar-refractivity contribution in [3.63, 3.8) is 0 Å². The van der Waals surface area contributed by atoms with Gasteiger partial charge in [0.25, 0.3) is 11.8 Å². The summed E-state index contributed by atoms with van der Waals surface area (Å²) in [6, 6.07) is 20.4. The number of nitrogens with one attached hydrogen (secondary N) is 1. The minimum Gasteiger partial charge on any atom is -0.497 e. The summed E-state index contributed by atoms with van der Waals surface area (Å²) in [6.07, 6.45) is 0. The Bertz CT molecular complexity index is 1210. The van der Waals surface area contributed by atoms with Crippen molar-refractivity contribution >= 4 is 28.8 Å². The monoisotopic (exact) mass is 412 g/mol. The maximum Gasteiger partial charge on any atom is 0.282 e. The number of aryl methyl sites for hydroxylation is 3. The van der Waals surface area contributed by atoms with E-state index >= 15 is 0 Å². The molecule has 4 rings (SSSR count). The number of rotatable bonds is 5. The molecule has 0 aliphatic carbocycles. The van der Waals surface area contributed by atoms with Gasteiger partial charge < -0.3 is 10.1 Å². The van der Waals surface area contributed by atoms with E-state index in [-0.39, 0.29) is 17.5 Å². The summed E-state index contributed by atoms with van der Waals surface area (Å²) in [7, 11) is 1.57. The molecule has 1 aliphatic heterocycles. The molecule has 0 saturated heterocycles. The SMILES string of the molecule is COc1ccc(N2C(=O)C(Nc3cccc(C)c3)=C(c3ccc(C)c(C)c3)C2=O)cc1. The van der Waals surface area contributed by atoms with E-state index in [0.717, 1.165) is 22.4 Å². The van der Waals surface area contributed by atoms with Gasteiger partial charge in [0.15, 0.2) is 0 Å². The Morgan fingerprint density at radius 1 is 0.806 bits per heavy atom. The maximum atomic E-state index is 13.5. The van der Waals surface area contributed by atoms with Gasteiger partial charge in [0, 0.05) is 5.69 Å². The minimum atomic E-state index is -0.384. The third kappa shape index (κ3) is 3.82. The lowest BCUT2D eigenvalue weighted by molar-refractivity contribution is -0.120. The van der Waals surface area contributed by atoms with Crippen LogP contribution in [-0.2, 0) is 9.59 Å². The molecule has 0 unspecified atom stereocenters. The maximum absolute atomic E-state index is 13.5. The average molecular weight is 412 g/mol. The number of methoxy groups -OCH3 is 1. The summed E-state index contributed by atoms with van der Waals surface area (Å²) in [5.74, 6) is -0.0817. The molecule has 0 radical (unpaired) electrons. The van der Waals surface area contributed by atoms with E-state index in [1.807, 2.05) is 63.2 Å². The first-order valence-electron chi connectivity index (χ1n) is 10.1. The van der Waals surface area contributed by atoms with Gasteiger partial charge in [-0.1, -0.05) is 30.3 Å². The molecule has 3 aromatic carbocycles. The summed E-state index contributed by atoms with van der Waals surface area (Å²) in [4.78, 5) is 28.2. The van der Waals surface area contributed by atoms with E-state index in [4.69, 9.17) is 4.74 Å². The van der Waals surface area contributed by atoms with Crippen LogP contribution in [0.3, 0.4) is 0 Å². The third-order valence-corrected chi connectivity index (χ3v) is 5.50. The number of anilines is 2. The lowest BCUT2D eigenvalue weighted by atomic mass is 9.99. The van der Waals surface area contributed by atoms with Gasteiger partial charge in [-0.25, -0.2) is 4.90 Å². The Morgan fingerprint density at radius 3 is 2.19 bits per heavy atom. The first-order valence-corrected chi connectivity index (χ1v) is 10.1. The van der Waals surface area contributed by atoms with Crippen molar-refractivity contribution in [3.05, 3.63) is 94.7 Å². The summed E-state index contributed by atoms with van der Waals surface area (Å²) >= 11 is 0. The molecule has 2 amide bonds. The second-order valence-electron chi connectivity index (χ2n) is 7.69. The fourth-order valence-corrected chi connectivity index (χ4v) is 3.64. The highest BCUT2D eigenvalue weighted by atomic mass is 16.5. The highest BCUT2D eigenvalue weighted by Gasteiger charge is 2.40. The van der Waals surface area contributed by atoms with Crippen LogP contribution in [0.1, 0.15) is 22.3 Å². The van der Waals surface area contributed by atoms with Crippen molar-refractivity contribution in [3.8, 4) is 5.75 Å². The fourth-order valence-electron chi connectivity index (χ4n) is 3.64. The second-order valence-corrected chi connectivity index (χ2v) is 7.69. The van der Waals surface area contributed by atoms with Crippen LogP contribution in [0.15, 0.2) is 72.4 Å². The second kappa shape index (κ2) is 8.11. The minimum absolute atomic E-state index is 0.273. The van der Waals surface area contributed by atoms with Crippen molar-refractivity contribution in [2.24, 2.45) is 0 Å². The lowest BCUT2D eigenvalue weighted by Gasteiger charge is -2.16. The number of hydrogen-bond donors (Lipinski definition) is 1. The van der Waals surface area contributed by atoms with Crippen LogP contribution in [0.2, 0.25) is 0 Å². The lowest BCUT2D eigenvalue weighted by Crippen LogP contribution is -2.32. The highest BCUT2D eigenvalue weighted by Crippen LogP contribution is 2.35. The summed E-state index contributed by atoms with van der Waals surface area (Å²) < 4.78 is 5.20. The number of amides is 2. The molecule has 3 aromatic rings. The van der Waals surface area contributed by atoms with E-state index in [0.29, 0.717) is 22.6 Å². The van der Waals surface area contributed by atoms with Crippen LogP contribution >= 0.6 is 0 Å². The molecule has 1 N–H and O–H groups in total. The summed E-state index contributed by atoms with van der Waals surface area (Å²) in [5, 5.41) is 3.21. The first kappa shape index (κ1) is 20.4. The van der Waals surface area contributed by atoms with Gasteiger partial charge in [-0.3, -0.25) is 9.59 Å². The zero-order chi connectivity index (χ0) is 22.1. The Kier molecular flexibility index (Phi) is 5.34. The van der Waals surface area contributed by atoms with Crippen molar-refractivity contribution in [2.75, 3.05) is 17.3 Å². The molecule has 31 heavy (non-hydrogen) atoms. The predicted octanol–water partition coefficient (Wildman–Crippen LogP) is 5.02. The Labute approximate surface area is 182 Å². The topological polar surface area (TPSA) is 58.6 Å². The van der Waals surface area contributed by atoms with Crippen molar-refractivity contribution in [1.82, 2.24) is 0 Å². The molecule has 1 heterocycles. The highest BCUT2D eigenvalue weighted by molar-refractivity contribution is 6.46. The summed E-state index contributed by atoms with van der Waals surface area (Å²) in [5.41, 5.74) is 5.85. The smallest absolute Gasteiger partial charge is 0.282 e. The Hall–Kier alpha value is -3.86. The standard InChI is InChI=1S/C26H24N2O3/c1-16-6-5-7-20(14-16)27-24-23(19-9-8-17(2)18(3)15-19)25(29)28(26(24)30)21-10-12-22(31-4)13-11-21/h5-15,27H,1-4H3. The van der Waals surface area contributed by atoms with Crippen molar-refractivity contribution < 1.29 is 14.3 Å². The van der Waals surface area contributed by atoms with Gasteiger partial charge in [0.1, 0.15) is 11.4 Å². The number of imide groups is 1. The van der Waals surface area contributed by atoms with Gasteiger partial charge in [0.05, 0.1) is 18.4 Å². The molecule has 0 spiro atoms. The molecule has 0 bridgehead atoms. The van der Waals surface area contributed by atoms with E-state index in [9.17, 15) is 9.59 Å². The van der Waals surface area contributed by atoms with Gasteiger partial charge in [-0.05, 0) is 79.4 Å². The Balaban J connectivity index is 1.82. The molecule has 156 valence electrons. The quantitative estimate of drug-likeness (QED) is 0.598. The van der Waals surface area contributed by atoms with Crippen LogP contribution in [0.5, 0.6) is 5.75 Å². The van der Waals surface area contributed by atoms with Crippen LogP contribution in [0.25, 0.3) is 5.57 Å². The number of nitrogens with zero attached hydrogens (tertiary/aromatic N) is 1. The van der Waals surface area contributed by atoms with E-state index in [1.165, 1.54) is 4.90 Å². The van der Waals surface area contributed by atoms with Crippen LogP contribution in [0.4, 0.5) is 11.4 Å². The number of hydrogen-bond acceptors (Lipinski definition) is 4. The molecule has 5 nitrogen and oxygen atoms in total. The van der Waals surface area contributed by atoms with Crippen LogP contribution in [0, 0.1) is 20.8 Å². The zero-order valence-electron chi connectivity index (χ0n) is 18.0. The number of carbonyl (C=O) groups excluding carboxylic acids is 2. The van der Waals surface area contributed by atoms with E-state index < -0.39 is 0 Å². The van der Waals surface area contributed by atoms with Gasteiger partial charge in [-0.15, -0.1) is 0 Å². The van der Waals surface area contributed by atoms with Crippen molar-refractivity contribution in [2.45, 2.75) is 20.8 Å². The predicted molar refractivity (Wildman–Crippen MR) is 123 cm³/mol. The Morgan fingerprint density at radius 2 is 1.55 bits per heavy atom. The molecule has 1 aliphatic rings. The summed E-state index contributed by atoms with van der Waals surface area (Å²) in [6.45, 7) is 6.00. The molecule has 0 fully saturated rings. The molecule has 0 saturated carbocycles. The number of carbonyl (C=O) groups is 2. The molecule has 0 aromatic heterocycles. The van der Waals surface area contributed by atoms with Crippen LogP contribution in [-0.4, -0.2) is 18.9 Å². The zero-order valence-corrected chi connectivity index (χ0v) is 18.0.